The molecule has 0 aromatic heterocycles. The first-order valence-corrected chi connectivity index (χ1v) is 7.81. The van der Waals surface area contributed by atoms with E-state index in [0.29, 0.717) is 16.6 Å². The molecule has 6 heteroatoms. The first kappa shape index (κ1) is 18.5. The van der Waals surface area contributed by atoms with E-state index in [9.17, 15) is 9.59 Å². The molecule has 0 saturated carbocycles. The highest BCUT2D eigenvalue weighted by molar-refractivity contribution is 6.30. The Bertz CT molecular complexity index is 503. The van der Waals surface area contributed by atoms with Crippen molar-refractivity contribution < 1.29 is 14.5 Å². The Morgan fingerprint density at radius 2 is 1.64 bits per heavy atom. The van der Waals surface area contributed by atoms with Crippen LogP contribution in [-0.4, -0.2) is 38.0 Å². The zero-order valence-electron chi connectivity index (χ0n) is 13.6. The number of carbonyl (C=O) groups is 2. The van der Waals surface area contributed by atoms with Gasteiger partial charge in [-0.2, -0.15) is 0 Å². The van der Waals surface area contributed by atoms with Gasteiger partial charge in [-0.1, -0.05) is 25.4 Å². The average Bonchev–Trinajstić information content (AvgIpc) is 2.40. The monoisotopic (exact) mass is 326 g/mol. The molecule has 0 aliphatic rings. The predicted molar refractivity (Wildman–Crippen MR) is 89.1 cm³/mol. The molecule has 2 atom stereocenters. The maximum Gasteiger partial charge on any atom is 0.279 e. The lowest BCUT2D eigenvalue weighted by molar-refractivity contribution is -0.862. The van der Waals surface area contributed by atoms with Gasteiger partial charge in [-0.3, -0.25) is 9.59 Å². The van der Waals surface area contributed by atoms with E-state index in [4.69, 9.17) is 11.6 Å². The zero-order valence-corrected chi connectivity index (χ0v) is 14.3. The lowest BCUT2D eigenvalue weighted by Crippen LogP contribution is -3.11. The third-order valence-corrected chi connectivity index (χ3v) is 3.69. The van der Waals surface area contributed by atoms with Crippen LogP contribution in [0, 0.1) is 5.92 Å². The maximum absolute atomic E-state index is 11.9. The van der Waals surface area contributed by atoms with Gasteiger partial charge in [0.15, 0.2) is 13.1 Å². The van der Waals surface area contributed by atoms with Gasteiger partial charge in [0.25, 0.3) is 11.8 Å². The van der Waals surface area contributed by atoms with Crippen molar-refractivity contribution in [1.29, 1.82) is 0 Å². The third kappa shape index (κ3) is 6.91. The topological polar surface area (TPSA) is 62.6 Å². The van der Waals surface area contributed by atoms with Crippen molar-refractivity contribution in [3.63, 3.8) is 0 Å². The summed E-state index contributed by atoms with van der Waals surface area (Å²) in [6, 6.07) is 7.05. The quantitative estimate of drug-likeness (QED) is 0.699. The largest absolute Gasteiger partial charge is 0.348 e. The van der Waals surface area contributed by atoms with Crippen molar-refractivity contribution in [1.82, 2.24) is 5.32 Å². The van der Waals surface area contributed by atoms with Crippen LogP contribution in [0.3, 0.4) is 0 Å². The van der Waals surface area contributed by atoms with E-state index in [1.54, 1.807) is 24.3 Å². The number of likely N-dealkylation sites (N-methyl/N-ethyl adjacent to an activating group) is 1. The molecule has 1 aromatic carbocycles. The summed E-state index contributed by atoms with van der Waals surface area (Å²) in [5.74, 6) is 0.208. The fraction of sp³-hybridized carbons (Fsp3) is 0.500. The Morgan fingerprint density at radius 3 is 2.18 bits per heavy atom. The van der Waals surface area contributed by atoms with Gasteiger partial charge in [0.2, 0.25) is 0 Å². The van der Waals surface area contributed by atoms with Crippen molar-refractivity contribution in [3.05, 3.63) is 29.3 Å². The SMILES string of the molecule is CC(C)[C@@H](C)NC(=O)C[NH+](C)CC(=O)Nc1ccc(Cl)cc1. The molecule has 22 heavy (non-hydrogen) atoms. The Morgan fingerprint density at radius 1 is 1.09 bits per heavy atom. The van der Waals surface area contributed by atoms with Gasteiger partial charge in [-0.05, 0) is 37.1 Å². The summed E-state index contributed by atoms with van der Waals surface area (Å²) in [6.45, 7) is 6.59. The van der Waals surface area contributed by atoms with Gasteiger partial charge >= 0.3 is 0 Å². The molecule has 0 heterocycles. The molecule has 1 aromatic rings. The molecule has 0 saturated heterocycles. The van der Waals surface area contributed by atoms with Crippen LogP contribution in [-0.2, 0) is 9.59 Å². The van der Waals surface area contributed by atoms with E-state index in [1.807, 2.05) is 14.0 Å². The molecule has 0 spiro atoms. The summed E-state index contributed by atoms with van der Waals surface area (Å²) in [5, 5.41) is 6.34. The molecule has 0 bridgehead atoms. The van der Waals surface area contributed by atoms with Crippen LogP contribution in [0.2, 0.25) is 5.02 Å². The van der Waals surface area contributed by atoms with Crippen LogP contribution >= 0.6 is 11.6 Å². The highest BCUT2D eigenvalue weighted by atomic mass is 35.5. The van der Waals surface area contributed by atoms with Crippen LogP contribution in [0.15, 0.2) is 24.3 Å². The summed E-state index contributed by atoms with van der Waals surface area (Å²) in [7, 11) is 1.82. The molecule has 0 aliphatic heterocycles. The van der Waals surface area contributed by atoms with Crippen LogP contribution < -0.4 is 15.5 Å². The number of carbonyl (C=O) groups excluding carboxylic acids is 2. The summed E-state index contributed by atoms with van der Waals surface area (Å²) in [5.41, 5.74) is 0.695. The number of hydrogen-bond donors (Lipinski definition) is 3. The standard InChI is InChI=1S/C16H24ClN3O2/c1-11(2)12(3)18-15(21)9-20(4)10-16(22)19-14-7-5-13(17)6-8-14/h5-8,11-12H,9-10H2,1-4H3,(H,18,21)(H,19,22)/p+1/t12-/m1/s1. The predicted octanol–water partition coefficient (Wildman–Crippen LogP) is 0.954. The smallest absolute Gasteiger partial charge is 0.279 e. The number of nitrogens with one attached hydrogen (secondary N) is 3. The summed E-state index contributed by atoms with van der Waals surface area (Å²) < 4.78 is 0. The minimum absolute atomic E-state index is 0.0435. The number of anilines is 1. The highest BCUT2D eigenvalue weighted by Gasteiger charge is 2.17. The molecule has 0 fully saturated rings. The minimum Gasteiger partial charge on any atom is -0.348 e. The average molecular weight is 327 g/mol. The van der Waals surface area contributed by atoms with E-state index < -0.39 is 0 Å². The van der Waals surface area contributed by atoms with Gasteiger partial charge in [0.1, 0.15) is 0 Å². The minimum atomic E-state index is -0.135. The van der Waals surface area contributed by atoms with Crippen LogP contribution in [0.4, 0.5) is 5.69 Å². The zero-order chi connectivity index (χ0) is 16.7. The number of quaternary nitrogens is 1. The van der Waals surface area contributed by atoms with Crippen molar-refractivity contribution in [2.24, 2.45) is 5.92 Å². The molecule has 0 aliphatic carbocycles. The second-order valence-electron chi connectivity index (χ2n) is 5.97. The summed E-state index contributed by atoms with van der Waals surface area (Å²) in [4.78, 5) is 24.6. The first-order valence-electron chi connectivity index (χ1n) is 7.44. The molecule has 0 radical (unpaired) electrons. The maximum atomic E-state index is 11.9. The lowest BCUT2D eigenvalue weighted by Gasteiger charge is -2.19. The Labute approximate surface area is 137 Å². The molecule has 3 N–H and O–H groups in total. The van der Waals surface area contributed by atoms with E-state index in [0.717, 1.165) is 4.90 Å². The van der Waals surface area contributed by atoms with Crippen molar-refractivity contribution in [3.8, 4) is 0 Å². The lowest BCUT2D eigenvalue weighted by atomic mass is 10.1. The molecule has 5 nitrogen and oxygen atoms in total. The van der Waals surface area contributed by atoms with E-state index in [1.165, 1.54) is 0 Å². The van der Waals surface area contributed by atoms with Crippen molar-refractivity contribution >= 4 is 29.1 Å². The van der Waals surface area contributed by atoms with Crippen LogP contribution in [0.25, 0.3) is 0 Å². The normalized spacial score (nSPS) is 13.5. The third-order valence-electron chi connectivity index (χ3n) is 3.44. The Hall–Kier alpha value is -1.59. The summed E-state index contributed by atoms with van der Waals surface area (Å²) >= 11 is 5.79. The first-order chi connectivity index (χ1) is 10.3. The van der Waals surface area contributed by atoms with Crippen molar-refractivity contribution in [2.75, 3.05) is 25.5 Å². The number of halogens is 1. The highest BCUT2D eigenvalue weighted by Crippen LogP contribution is 2.12. The molecule has 2 amide bonds. The van der Waals surface area contributed by atoms with Gasteiger partial charge in [-0.15, -0.1) is 0 Å². The fourth-order valence-corrected chi connectivity index (χ4v) is 1.95. The molecular formula is C16H25ClN3O2+. The van der Waals surface area contributed by atoms with E-state index in [-0.39, 0.29) is 30.9 Å². The van der Waals surface area contributed by atoms with Gasteiger partial charge in [-0.25, -0.2) is 0 Å². The molecule has 122 valence electrons. The van der Waals surface area contributed by atoms with Gasteiger partial charge in [0.05, 0.1) is 7.05 Å². The van der Waals surface area contributed by atoms with Crippen molar-refractivity contribution in [2.45, 2.75) is 26.8 Å². The molecule has 1 unspecified atom stereocenters. The number of rotatable bonds is 7. The second kappa shape index (κ2) is 8.76. The number of benzene rings is 1. The van der Waals surface area contributed by atoms with E-state index in [2.05, 4.69) is 24.5 Å². The Kier molecular flexibility index (Phi) is 7.35. The number of amides is 2. The van der Waals surface area contributed by atoms with Crippen LogP contribution in [0.5, 0.6) is 0 Å². The second-order valence-corrected chi connectivity index (χ2v) is 6.40. The fourth-order valence-electron chi connectivity index (χ4n) is 1.82. The number of hydrogen-bond acceptors (Lipinski definition) is 2. The van der Waals surface area contributed by atoms with Gasteiger partial charge < -0.3 is 15.5 Å². The van der Waals surface area contributed by atoms with Gasteiger partial charge in [0, 0.05) is 16.8 Å². The molecular weight excluding hydrogens is 302 g/mol. The summed E-state index contributed by atoms with van der Waals surface area (Å²) in [6.07, 6.45) is 0. The molecule has 1 rings (SSSR count). The van der Waals surface area contributed by atoms with E-state index >= 15 is 0 Å². The van der Waals surface area contributed by atoms with Crippen LogP contribution in [0.1, 0.15) is 20.8 Å². The Balaban J connectivity index is 2.37.